The zero-order valence-corrected chi connectivity index (χ0v) is 14.3. The van der Waals surface area contributed by atoms with Crippen molar-refractivity contribution in [3.05, 3.63) is 35.4 Å². The number of nitriles is 1. The Balaban J connectivity index is 1.71. The fraction of sp³-hybridized carbons (Fsp3) is 0.333. The molecular weight excluding hydrogens is 336 g/mol. The Morgan fingerprint density at radius 1 is 1.20 bits per heavy atom. The van der Waals surface area contributed by atoms with E-state index < -0.39 is 0 Å². The Kier molecular flexibility index (Phi) is 4.24. The Morgan fingerprint density at radius 2 is 2.04 bits per heavy atom. The molecule has 1 fully saturated rings. The molecule has 0 aromatic carbocycles. The number of nitrogens with zero attached hydrogens (tertiary/aromatic N) is 4. The number of nitrogens with one attached hydrogen (secondary N) is 2. The molecule has 2 N–H and O–H groups in total. The van der Waals surface area contributed by atoms with Crippen molar-refractivity contribution in [1.29, 1.82) is 5.26 Å². The third-order valence-electron chi connectivity index (χ3n) is 4.56. The molecule has 0 spiro atoms. The van der Waals surface area contributed by atoms with Gasteiger partial charge in [0.2, 0.25) is 0 Å². The van der Waals surface area contributed by atoms with Crippen LogP contribution in [-0.2, 0) is 0 Å². The van der Waals surface area contributed by atoms with Crippen molar-refractivity contribution in [2.75, 3.05) is 5.32 Å². The van der Waals surface area contributed by atoms with E-state index in [1.807, 2.05) is 18.3 Å². The summed E-state index contributed by atoms with van der Waals surface area (Å²) in [6.07, 6.45) is 9.42. The van der Waals surface area contributed by atoms with E-state index in [1.54, 1.807) is 6.07 Å². The molecule has 0 atom stereocenters. The predicted molar refractivity (Wildman–Crippen MR) is 97.3 cm³/mol. The second-order valence-corrected chi connectivity index (χ2v) is 6.70. The highest BCUT2D eigenvalue weighted by Crippen LogP contribution is 2.30. The second kappa shape index (κ2) is 6.69. The average Bonchev–Trinajstić information content (AvgIpc) is 3.05. The van der Waals surface area contributed by atoms with Gasteiger partial charge in [0.05, 0.1) is 6.20 Å². The van der Waals surface area contributed by atoms with Crippen LogP contribution >= 0.6 is 11.6 Å². The van der Waals surface area contributed by atoms with Crippen molar-refractivity contribution in [2.24, 2.45) is 0 Å². The summed E-state index contributed by atoms with van der Waals surface area (Å²) in [5, 5.41) is 13.0. The van der Waals surface area contributed by atoms with E-state index in [0.717, 1.165) is 29.8 Å². The van der Waals surface area contributed by atoms with Crippen LogP contribution in [0.4, 0.5) is 5.82 Å². The van der Waals surface area contributed by atoms with Gasteiger partial charge >= 0.3 is 0 Å². The van der Waals surface area contributed by atoms with E-state index in [-0.39, 0.29) is 5.69 Å². The summed E-state index contributed by atoms with van der Waals surface area (Å²) in [6.45, 7) is 0. The van der Waals surface area contributed by atoms with Gasteiger partial charge in [-0.1, -0.05) is 30.9 Å². The van der Waals surface area contributed by atoms with Gasteiger partial charge in [0.25, 0.3) is 0 Å². The predicted octanol–water partition coefficient (Wildman–Crippen LogP) is 4.29. The van der Waals surface area contributed by atoms with Gasteiger partial charge < -0.3 is 10.3 Å². The molecule has 0 saturated heterocycles. The zero-order valence-electron chi connectivity index (χ0n) is 13.6. The number of rotatable bonds is 3. The van der Waals surface area contributed by atoms with Gasteiger partial charge in [-0.3, -0.25) is 0 Å². The molecule has 6 nitrogen and oxygen atoms in total. The molecule has 0 radical (unpaired) electrons. The molecule has 1 saturated carbocycles. The molecule has 1 aliphatic rings. The van der Waals surface area contributed by atoms with Crippen LogP contribution in [0.3, 0.4) is 0 Å². The van der Waals surface area contributed by atoms with E-state index >= 15 is 0 Å². The first kappa shape index (κ1) is 15.9. The van der Waals surface area contributed by atoms with Crippen LogP contribution in [0.5, 0.6) is 0 Å². The number of halogens is 1. The molecule has 1 aliphatic carbocycles. The van der Waals surface area contributed by atoms with Gasteiger partial charge in [0.15, 0.2) is 11.3 Å². The summed E-state index contributed by atoms with van der Waals surface area (Å²) in [4.78, 5) is 16.1. The number of fused-ring (bicyclic) bond motifs is 1. The second-order valence-electron chi connectivity index (χ2n) is 6.31. The zero-order chi connectivity index (χ0) is 17.2. The fourth-order valence-corrected chi connectivity index (χ4v) is 3.56. The molecule has 3 aromatic heterocycles. The quantitative estimate of drug-likeness (QED) is 0.686. The monoisotopic (exact) mass is 352 g/mol. The van der Waals surface area contributed by atoms with Crippen LogP contribution in [0.25, 0.3) is 22.3 Å². The number of aromatic amines is 1. The molecule has 25 heavy (non-hydrogen) atoms. The Bertz CT molecular complexity index is 952. The maximum Gasteiger partial charge on any atom is 0.159 e. The van der Waals surface area contributed by atoms with Crippen LogP contribution in [-0.4, -0.2) is 26.0 Å². The molecule has 7 heteroatoms. The lowest BCUT2D eigenvalue weighted by Crippen LogP contribution is -2.22. The van der Waals surface area contributed by atoms with Crippen molar-refractivity contribution >= 4 is 28.6 Å². The van der Waals surface area contributed by atoms with Gasteiger partial charge in [-0.2, -0.15) is 5.26 Å². The molecule has 0 unspecified atom stereocenters. The van der Waals surface area contributed by atoms with Gasteiger partial charge in [0.1, 0.15) is 22.6 Å². The molecule has 0 bridgehead atoms. The maximum atomic E-state index is 9.06. The minimum Gasteiger partial charge on any atom is -0.367 e. The lowest BCUT2D eigenvalue weighted by Gasteiger charge is -2.23. The molecule has 0 aliphatic heterocycles. The summed E-state index contributed by atoms with van der Waals surface area (Å²) in [5.41, 5.74) is 3.34. The first-order chi connectivity index (χ1) is 12.2. The Hall–Kier alpha value is -2.65. The number of anilines is 1. The van der Waals surface area contributed by atoms with Crippen molar-refractivity contribution in [3.8, 4) is 17.2 Å². The minimum absolute atomic E-state index is 0.286. The van der Waals surface area contributed by atoms with Crippen LogP contribution in [0.2, 0.25) is 5.15 Å². The van der Waals surface area contributed by atoms with Crippen molar-refractivity contribution in [2.45, 2.75) is 38.1 Å². The summed E-state index contributed by atoms with van der Waals surface area (Å²) in [7, 11) is 0. The lowest BCUT2D eigenvalue weighted by atomic mass is 9.95. The van der Waals surface area contributed by atoms with Crippen LogP contribution in [0, 0.1) is 11.3 Å². The van der Waals surface area contributed by atoms with Crippen LogP contribution in [0.15, 0.2) is 24.5 Å². The Labute approximate surface area is 150 Å². The molecule has 126 valence electrons. The highest BCUT2D eigenvalue weighted by Gasteiger charge is 2.16. The summed E-state index contributed by atoms with van der Waals surface area (Å²) < 4.78 is 0. The molecule has 3 heterocycles. The third-order valence-corrected chi connectivity index (χ3v) is 4.75. The highest BCUT2D eigenvalue weighted by atomic mass is 35.5. The largest absolute Gasteiger partial charge is 0.367 e. The van der Waals surface area contributed by atoms with E-state index in [4.69, 9.17) is 16.9 Å². The van der Waals surface area contributed by atoms with Gasteiger partial charge in [0, 0.05) is 17.8 Å². The van der Waals surface area contributed by atoms with E-state index in [9.17, 15) is 0 Å². The molecular formula is C18H17ClN6. The number of H-pyrrole nitrogens is 1. The van der Waals surface area contributed by atoms with Gasteiger partial charge in [-0.15, -0.1) is 0 Å². The van der Waals surface area contributed by atoms with Crippen molar-refractivity contribution < 1.29 is 0 Å². The standard InChI is InChI=1S/C18H17ClN6/c19-15-6-11(7-16(25-15)23-12-4-2-1-3-5-12)14-10-22-18-17(14)24-13(8-20)9-21-18/h6-7,9-10,12H,1-5H2,(H,21,22)(H,23,25). The first-order valence-electron chi connectivity index (χ1n) is 8.41. The molecule has 0 amide bonds. The van der Waals surface area contributed by atoms with Crippen LogP contribution < -0.4 is 5.32 Å². The maximum absolute atomic E-state index is 9.06. The molecule has 4 rings (SSSR count). The Morgan fingerprint density at radius 3 is 2.84 bits per heavy atom. The normalized spacial score (nSPS) is 15.2. The average molecular weight is 353 g/mol. The number of aromatic nitrogens is 4. The third kappa shape index (κ3) is 3.28. The van der Waals surface area contributed by atoms with Crippen LogP contribution in [0.1, 0.15) is 37.8 Å². The smallest absolute Gasteiger partial charge is 0.159 e. The van der Waals surface area contributed by atoms with Gasteiger partial charge in [-0.25, -0.2) is 15.0 Å². The summed E-state index contributed by atoms with van der Waals surface area (Å²) in [5.74, 6) is 0.771. The lowest BCUT2D eigenvalue weighted by molar-refractivity contribution is 0.462. The fourth-order valence-electron chi connectivity index (χ4n) is 3.35. The van der Waals surface area contributed by atoms with E-state index in [1.165, 1.54) is 25.5 Å². The van der Waals surface area contributed by atoms with E-state index in [2.05, 4.69) is 25.3 Å². The van der Waals surface area contributed by atoms with Gasteiger partial charge in [-0.05, 0) is 30.5 Å². The minimum atomic E-state index is 0.286. The summed E-state index contributed by atoms with van der Waals surface area (Å²) in [6, 6.07) is 6.25. The number of pyridine rings is 1. The van der Waals surface area contributed by atoms with Crippen molar-refractivity contribution in [3.63, 3.8) is 0 Å². The highest BCUT2D eigenvalue weighted by molar-refractivity contribution is 6.29. The van der Waals surface area contributed by atoms with Crippen molar-refractivity contribution in [1.82, 2.24) is 19.9 Å². The summed E-state index contributed by atoms with van der Waals surface area (Å²) >= 11 is 6.24. The first-order valence-corrected chi connectivity index (χ1v) is 8.79. The van der Waals surface area contributed by atoms with E-state index in [0.29, 0.717) is 22.4 Å². The topological polar surface area (TPSA) is 90.3 Å². The SMILES string of the molecule is N#Cc1cnc2[nH]cc(-c3cc(Cl)nc(NC4CCCCC4)c3)c2n1. The number of hydrogen-bond donors (Lipinski definition) is 2. The molecule has 3 aromatic rings. The number of hydrogen-bond acceptors (Lipinski definition) is 5.